The Hall–Kier alpha value is -0.603. The molecule has 1 aromatic rings. The van der Waals surface area contributed by atoms with Crippen LogP contribution in [0.3, 0.4) is 0 Å². The highest BCUT2D eigenvalue weighted by atomic mass is 28.3. The molecule has 2 heteroatoms. The van der Waals surface area contributed by atoms with Crippen LogP contribution in [0.1, 0.15) is 5.56 Å². The zero-order valence-electron chi connectivity index (χ0n) is 9.54. The predicted octanol–water partition coefficient (Wildman–Crippen LogP) is 1.63. The fraction of sp³-hybridized carbons (Fsp3) is 0.500. The van der Waals surface area contributed by atoms with E-state index < -0.39 is 8.07 Å². The molecule has 0 amide bonds. The van der Waals surface area contributed by atoms with Crippen LogP contribution >= 0.6 is 0 Å². The Bertz CT molecular complexity index is 344. The molecule has 14 heavy (non-hydrogen) atoms. The molecule has 0 radical (unpaired) electrons. The molecule has 1 atom stereocenters. The van der Waals surface area contributed by atoms with Gasteiger partial charge in [0.1, 0.15) is 0 Å². The molecular formula is C12H19NSi. The van der Waals surface area contributed by atoms with Gasteiger partial charge in [-0.15, -0.1) is 0 Å². The van der Waals surface area contributed by atoms with E-state index in [-0.39, 0.29) is 0 Å². The average Bonchev–Trinajstić information content (AvgIpc) is 2.39. The van der Waals surface area contributed by atoms with Crippen molar-refractivity contribution in [3.8, 4) is 0 Å². The SMILES string of the molecule is CN(C)C1Cc2ccccc2[Si]1(C)C. The molecule has 1 unspecified atom stereocenters. The lowest BCUT2D eigenvalue weighted by Gasteiger charge is -2.31. The van der Waals surface area contributed by atoms with Crippen molar-refractivity contribution in [2.24, 2.45) is 0 Å². The van der Waals surface area contributed by atoms with E-state index in [1.54, 1.807) is 10.8 Å². The summed E-state index contributed by atoms with van der Waals surface area (Å²) in [5, 5.41) is 1.67. The van der Waals surface area contributed by atoms with Gasteiger partial charge in [0.2, 0.25) is 0 Å². The molecular weight excluding hydrogens is 186 g/mol. The Kier molecular flexibility index (Phi) is 2.28. The zero-order chi connectivity index (χ0) is 10.3. The number of hydrogen-bond acceptors (Lipinski definition) is 1. The van der Waals surface area contributed by atoms with E-state index in [1.165, 1.54) is 6.42 Å². The summed E-state index contributed by atoms with van der Waals surface area (Å²) < 4.78 is 0. The van der Waals surface area contributed by atoms with Crippen LogP contribution in [0.2, 0.25) is 13.1 Å². The molecule has 0 fully saturated rings. The second-order valence-corrected chi connectivity index (χ2v) is 9.71. The van der Waals surface area contributed by atoms with Crippen molar-refractivity contribution in [2.45, 2.75) is 25.2 Å². The van der Waals surface area contributed by atoms with Crippen molar-refractivity contribution in [1.29, 1.82) is 0 Å². The first-order chi connectivity index (χ1) is 6.53. The molecule has 2 rings (SSSR count). The number of nitrogens with zero attached hydrogens (tertiary/aromatic N) is 1. The summed E-state index contributed by atoms with van der Waals surface area (Å²) >= 11 is 0. The first kappa shape index (κ1) is 9.93. The third-order valence-corrected chi connectivity index (χ3v) is 7.84. The Morgan fingerprint density at radius 1 is 1.21 bits per heavy atom. The predicted molar refractivity (Wildman–Crippen MR) is 64.7 cm³/mol. The molecule has 0 saturated carbocycles. The van der Waals surface area contributed by atoms with Crippen molar-refractivity contribution < 1.29 is 0 Å². The van der Waals surface area contributed by atoms with Gasteiger partial charge in [0, 0.05) is 5.67 Å². The fourth-order valence-corrected chi connectivity index (χ4v) is 6.72. The normalized spacial score (nSPS) is 23.9. The third-order valence-electron chi connectivity index (χ3n) is 3.58. The van der Waals surface area contributed by atoms with Gasteiger partial charge in [-0.25, -0.2) is 0 Å². The van der Waals surface area contributed by atoms with Crippen molar-refractivity contribution in [2.75, 3.05) is 14.1 Å². The van der Waals surface area contributed by atoms with Gasteiger partial charge in [-0.2, -0.15) is 0 Å². The smallest absolute Gasteiger partial charge is 0.0994 e. The van der Waals surface area contributed by atoms with Crippen molar-refractivity contribution >= 4 is 13.3 Å². The highest BCUT2D eigenvalue weighted by Crippen LogP contribution is 2.25. The van der Waals surface area contributed by atoms with Crippen LogP contribution in [-0.4, -0.2) is 32.7 Å². The van der Waals surface area contributed by atoms with E-state index in [0.717, 1.165) is 5.67 Å². The Morgan fingerprint density at radius 2 is 1.86 bits per heavy atom. The minimum atomic E-state index is -1.23. The minimum absolute atomic E-state index is 0.778. The maximum Gasteiger partial charge on any atom is 0.0994 e. The van der Waals surface area contributed by atoms with Gasteiger partial charge < -0.3 is 4.90 Å². The van der Waals surface area contributed by atoms with Crippen LogP contribution < -0.4 is 5.19 Å². The van der Waals surface area contributed by atoms with Gasteiger partial charge in [0.25, 0.3) is 0 Å². The summed E-state index contributed by atoms with van der Waals surface area (Å²) in [6.45, 7) is 4.98. The van der Waals surface area contributed by atoms with Crippen molar-refractivity contribution in [3.63, 3.8) is 0 Å². The van der Waals surface area contributed by atoms with Crippen LogP contribution in [-0.2, 0) is 6.42 Å². The maximum absolute atomic E-state index is 2.49. The van der Waals surface area contributed by atoms with Gasteiger partial charge in [0.15, 0.2) is 0 Å². The van der Waals surface area contributed by atoms with E-state index in [1.807, 2.05) is 0 Å². The van der Waals surface area contributed by atoms with Crippen LogP contribution in [0.15, 0.2) is 24.3 Å². The standard InChI is InChI=1S/C12H19NSi/c1-13(2)12-9-10-7-5-6-8-11(10)14(12,3)4/h5-8,12H,9H2,1-4H3. The average molecular weight is 205 g/mol. The molecule has 0 aliphatic carbocycles. The molecule has 1 aliphatic rings. The summed E-state index contributed by atoms with van der Waals surface area (Å²) in [5.74, 6) is 0. The lowest BCUT2D eigenvalue weighted by atomic mass is 10.1. The summed E-state index contributed by atoms with van der Waals surface area (Å²) in [4.78, 5) is 2.41. The molecule has 0 spiro atoms. The number of hydrogen-bond donors (Lipinski definition) is 0. The van der Waals surface area contributed by atoms with Gasteiger partial charge in [-0.1, -0.05) is 42.5 Å². The summed E-state index contributed by atoms with van der Waals surface area (Å²) in [5.41, 5.74) is 2.36. The van der Waals surface area contributed by atoms with Crippen LogP contribution in [0.5, 0.6) is 0 Å². The second-order valence-electron chi connectivity index (χ2n) is 5.06. The van der Waals surface area contributed by atoms with E-state index in [0.29, 0.717) is 0 Å². The molecule has 0 aromatic heterocycles. The van der Waals surface area contributed by atoms with Crippen molar-refractivity contribution in [3.05, 3.63) is 29.8 Å². The highest BCUT2D eigenvalue weighted by Gasteiger charge is 2.41. The second kappa shape index (κ2) is 3.21. The van der Waals surface area contributed by atoms with Crippen LogP contribution in [0.4, 0.5) is 0 Å². The molecule has 0 N–H and O–H groups in total. The monoisotopic (exact) mass is 205 g/mol. The van der Waals surface area contributed by atoms with Crippen LogP contribution in [0.25, 0.3) is 0 Å². The van der Waals surface area contributed by atoms with E-state index in [9.17, 15) is 0 Å². The molecule has 1 aromatic carbocycles. The Morgan fingerprint density at radius 3 is 2.43 bits per heavy atom. The lowest BCUT2D eigenvalue weighted by molar-refractivity contribution is 0.368. The van der Waals surface area contributed by atoms with Gasteiger partial charge in [-0.3, -0.25) is 0 Å². The number of benzene rings is 1. The summed E-state index contributed by atoms with van der Waals surface area (Å²) in [6, 6.07) is 8.99. The van der Waals surface area contributed by atoms with Gasteiger partial charge in [-0.05, 0) is 26.1 Å². The molecule has 0 saturated heterocycles. The van der Waals surface area contributed by atoms with Gasteiger partial charge in [0.05, 0.1) is 8.07 Å². The third kappa shape index (κ3) is 1.33. The highest BCUT2D eigenvalue weighted by molar-refractivity contribution is 6.92. The molecule has 0 bridgehead atoms. The first-order valence-electron chi connectivity index (χ1n) is 5.28. The largest absolute Gasteiger partial charge is 0.308 e. The molecule has 76 valence electrons. The van der Waals surface area contributed by atoms with Crippen LogP contribution in [0, 0.1) is 0 Å². The maximum atomic E-state index is 2.49. The minimum Gasteiger partial charge on any atom is -0.308 e. The summed E-state index contributed by atoms with van der Waals surface area (Å²) in [6.07, 6.45) is 1.25. The number of rotatable bonds is 1. The number of fused-ring (bicyclic) bond motifs is 1. The molecule has 1 nitrogen and oxygen atoms in total. The lowest BCUT2D eigenvalue weighted by Crippen LogP contribution is -2.54. The Labute approximate surface area is 87.8 Å². The van der Waals surface area contributed by atoms with E-state index >= 15 is 0 Å². The topological polar surface area (TPSA) is 3.24 Å². The van der Waals surface area contributed by atoms with E-state index in [2.05, 4.69) is 56.4 Å². The summed E-state index contributed by atoms with van der Waals surface area (Å²) in [7, 11) is 3.20. The molecule has 1 heterocycles. The van der Waals surface area contributed by atoms with Gasteiger partial charge >= 0.3 is 0 Å². The number of likely N-dealkylation sites (N-methyl/N-ethyl adjacent to an activating group) is 1. The first-order valence-corrected chi connectivity index (χ1v) is 8.36. The quantitative estimate of drug-likeness (QED) is 0.630. The van der Waals surface area contributed by atoms with E-state index in [4.69, 9.17) is 0 Å². The van der Waals surface area contributed by atoms with Crippen molar-refractivity contribution in [1.82, 2.24) is 4.90 Å². The molecule has 1 aliphatic heterocycles. The fourth-order valence-electron chi connectivity index (χ4n) is 2.80. The zero-order valence-corrected chi connectivity index (χ0v) is 10.5. The Balaban J connectivity index is 2.45.